The monoisotopic (exact) mass is 292 g/mol. The highest BCUT2D eigenvalue weighted by atomic mass is 32.1. The zero-order valence-corrected chi connectivity index (χ0v) is 12.7. The standard InChI is InChI=1S/C15H20N2O2S/c1-3-6-16-10-12-4-5-13(14(9-12)18-2)19-11-15-17-7-8-20-15/h4-5,7-9,16H,3,6,10-11H2,1-2H3. The van der Waals surface area contributed by atoms with Gasteiger partial charge in [0.25, 0.3) is 0 Å². The maximum atomic E-state index is 5.76. The molecule has 20 heavy (non-hydrogen) atoms. The first-order valence-electron chi connectivity index (χ1n) is 6.72. The summed E-state index contributed by atoms with van der Waals surface area (Å²) in [6.45, 7) is 4.49. The Morgan fingerprint density at radius 1 is 1.30 bits per heavy atom. The van der Waals surface area contributed by atoms with Gasteiger partial charge < -0.3 is 14.8 Å². The first-order chi connectivity index (χ1) is 9.83. The van der Waals surface area contributed by atoms with E-state index >= 15 is 0 Å². The molecule has 0 amide bonds. The summed E-state index contributed by atoms with van der Waals surface area (Å²) in [6, 6.07) is 6.03. The largest absolute Gasteiger partial charge is 0.493 e. The number of nitrogens with one attached hydrogen (secondary N) is 1. The molecule has 0 saturated carbocycles. The van der Waals surface area contributed by atoms with Crippen LogP contribution in [-0.4, -0.2) is 18.6 Å². The lowest BCUT2D eigenvalue weighted by Gasteiger charge is -2.11. The van der Waals surface area contributed by atoms with Crippen LogP contribution in [0.15, 0.2) is 29.8 Å². The maximum Gasteiger partial charge on any atom is 0.161 e. The van der Waals surface area contributed by atoms with Crippen LogP contribution in [0, 0.1) is 0 Å². The number of methoxy groups -OCH3 is 1. The van der Waals surface area contributed by atoms with E-state index in [9.17, 15) is 0 Å². The molecular weight excluding hydrogens is 272 g/mol. The van der Waals surface area contributed by atoms with Crippen LogP contribution in [0.4, 0.5) is 0 Å². The van der Waals surface area contributed by atoms with Crippen LogP contribution in [0.2, 0.25) is 0 Å². The molecule has 0 atom stereocenters. The second-order valence-electron chi connectivity index (χ2n) is 4.38. The van der Waals surface area contributed by atoms with Crippen molar-refractivity contribution >= 4 is 11.3 Å². The molecule has 1 aromatic carbocycles. The first-order valence-corrected chi connectivity index (χ1v) is 7.60. The Labute approximate surface area is 123 Å². The molecular formula is C15H20N2O2S. The number of aromatic nitrogens is 1. The number of rotatable bonds is 8. The Kier molecular flexibility index (Phi) is 5.83. The van der Waals surface area contributed by atoms with Gasteiger partial charge in [0.1, 0.15) is 11.6 Å². The molecule has 2 rings (SSSR count). The highest BCUT2D eigenvalue weighted by Gasteiger charge is 2.07. The number of ether oxygens (including phenoxy) is 2. The van der Waals surface area contributed by atoms with E-state index in [1.165, 1.54) is 5.56 Å². The quantitative estimate of drug-likeness (QED) is 0.759. The van der Waals surface area contributed by atoms with Crippen molar-refractivity contribution in [1.29, 1.82) is 0 Å². The van der Waals surface area contributed by atoms with E-state index in [4.69, 9.17) is 9.47 Å². The molecule has 4 nitrogen and oxygen atoms in total. The summed E-state index contributed by atoms with van der Waals surface area (Å²) in [5, 5.41) is 6.27. The lowest BCUT2D eigenvalue weighted by molar-refractivity contribution is 0.284. The lowest BCUT2D eigenvalue weighted by atomic mass is 10.2. The third kappa shape index (κ3) is 4.21. The second-order valence-corrected chi connectivity index (χ2v) is 5.36. The third-order valence-corrected chi connectivity index (χ3v) is 3.57. The number of hydrogen-bond acceptors (Lipinski definition) is 5. The second kappa shape index (κ2) is 7.87. The van der Waals surface area contributed by atoms with Crippen LogP contribution >= 0.6 is 11.3 Å². The summed E-state index contributed by atoms with van der Waals surface area (Å²) >= 11 is 1.59. The fourth-order valence-electron chi connectivity index (χ4n) is 1.81. The Bertz CT molecular complexity index is 515. The van der Waals surface area contributed by atoms with Crippen molar-refractivity contribution in [2.45, 2.75) is 26.5 Å². The topological polar surface area (TPSA) is 43.4 Å². The molecule has 0 fully saturated rings. The van der Waals surface area contributed by atoms with Crippen molar-refractivity contribution in [2.24, 2.45) is 0 Å². The summed E-state index contributed by atoms with van der Waals surface area (Å²) in [4.78, 5) is 4.20. The third-order valence-electron chi connectivity index (χ3n) is 2.82. The molecule has 0 saturated heterocycles. The van der Waals surface area contributed by atoms with Crippen molar-refractivity contribution in [2.75, 3.05) is 13.7 Å². The van der Waals surface area contributed by atoms with Crippen LogP contribution in [0.1, 0.15) is 23.9 Å². The Morgan fingerprint density at radius 3 is 2.90 bits per heavy atom. The minimum absolute atomic E-state index is 0.474. The molecule has 0 aliphatic rings. The summed E-state index contributed by atoms with van der Waals surface area (Å²) in [6.07, 6.45) is 2.91. The van der Waals surface area contributed by atoms with Gasteiger partial charge in [0.05, 0.1) is 7.11 Å². The number of thiazole rings is 1. The molecule has 1 heterocycles. The predicted octanol–water partition coefficient (Wildman–Crippen LogP) is 3.23. The Hall–Kier alpha value is -1.59. The lowest BCUT2D eigenvalue weighted by Crippen LogP contribution is -2.13. The molecule has 0 aliphatic carbocycles. The molecule has 0 unspecified atom stereocenters. The Balaban J connectivity index is 1.98. The molecule has 1 N–H and O–H groups in total. The molecule has 0 radical (unpaired) electrons. The van der Waals surface area contributed by atoms with E-state index in [0.29, 0.717) is 6.61 Å². The van der Waals surface area contributed by atoms with Crippen molar-refractivity contribution < 1.29 is 9.47 Å². The average molecular weight is 292 g/mol. The normalized spacial score (nSPS) is 10.5. The smallest absolute Gasteiger partial charge is 0.161 e. The molecule has 1 aromatic heterocycles. The Morgan fingerprint density at radius 2 is 2.20 bits per heavy atom. The summed E-state index contributed by atoms with van der Waals surface area (Å²) < 4.78 is 11.1. The van der Waals surface area contributed by atoms with Gasteiger partial charge in [-0.15, -0.1) is 11.3 Å². The van der Waals surface area contributed by atoms with Gasteiger partial charge in [0, 0.05) is 18.1 Å². The molecule has 108 valence electrons. The summed E-state index contributed by atoms with van der Waals surface area (Å²) in [7, 11) is 1.66. The van der Waals surface area contributed by atoms with Crippen molar-refractivity contribution in [1.82, 2.24) is 10.3 Å². The minimum Gasteiger partial charge on any atom is -0.493 e. The maximum absolute atomic E-state index is 5.76. The molecule has 5 heteroatoms. The van der Waals surface area contributed by atoms with Crippen LogP contribution < -0.4 is 14.8 Å². The molecule has 0 aliphatic heterocycles. The van der Waals surface area contributed by atoms with Gasteiger partial charge in [-0.2, -0.15) is 0 Å². The van der Waals surface area contributed by atoms with Gasteiger partial charge in [-0.1, -0.05) is 13.0 Å². The van der Waals surface area contributed by atoms with Crippen LogP contribution in [0.5, 0.6) is 11.5 Å². The summed E-state index contributed by atoms with van der Waals surface area (Å²) in [5.41, 5.74) is 1.19. The van der Waals surface area contributed by atoms with E-state index in [1.807, 2.05) is 17.5 Å². The van der Waals surface area contributed by atoms with E-state index < -0.39 is 0 Å². The highest BCUT2D eigenvalue weighted by Crippen LogP contribution is 2.29. The van der Waals surface area contributed by atoms with Gasteiger partial charge in [0.15, 0.2) is 11.5 Å². The fraction of sp³-hybridized carbons (Fsp3) is 0.400. The van der Waals surface area contributed by atoms with Crippen molar-refractivity contribution in [3.63, 3.8) is 0 Å². The van der Waals surface area contributed by atoms with Gasteiger partial charge in [-0.25, -0.2) is 4.98 Å². The number of nitrogens with zero attached hydrogens (tertiary/aromatic N) is 1. The highest BCUT2D eigenvalue weighted by molar-refractivity contribution is 7.09. The zero-order valence-electron chi connectivity index (χ0n) is 11.9. The van der Waals surface area contributed by atoms with E-state index in [-0.39, 0.29) is 0 Å². The zero-order chi connectivity index (χ0) is 14.2. The van der Waals surface area contributed by atoms with Gasteiger partial charge in [-0.05, 0) is 30.7 Å². The average Bonchev–Trinajstić information content (AvgIpc) is 2.99. The van der Waals surface area contributed by atoms with Crippen molar-refractivity contribution in [3.05, 3.63) is 40.3 Å². The molecule has 0 bridgehead atoms. The molecule has 2 aromatic rings. The number of hydrogen-bond donors (Lipinski definition) is 1. The fourth-order valence-corrected chi connectivity index (χ4v) is 2.34. The van der Waals surface area contributed by atoms with E-state index in [2.05, 4.69) is 23.3 Å². The van der Waals surface area contributed by atoms with Gasteiger partial charge in [-0.3, -0.25) is 0 Å². The SMILES string of the molecule is CCCNCc1ccc(OCc2nccs2)c(OC)c1. The number of benzene rings is 1. The van der Waals surface area contributed by atoms with E-state index in [0.717, 1.165) is 36.0 Å². The van der Waals surface area contributed by atoms with E-state index in [1.54, 1.807) is 24.6 Å². The van der Waals surface area contributed by atoms with Crippen LogP contribution in [0.25, 0.3) is 0 Å². The first kappa shape index (κ1) is 14.8. The van der Waals surface area contributed by atoms with Crippen LogP contribution in [-0.2, 0) is 13.2 Å². The van der Waals surface area contributed by atoms with Gasteiger partial charge in [0.2, 0.25) is 0 Å². The van der Waals surface area contributed by atoms with Gasteiger partial charge >= 0.3 is 0 Å². The molecule has 0 spiro atoms. The van der Waals surface area contributed by atoms with Crippen LogP contribution in [0.3, 0.4) is 0 Å². The summed E-state index contributed by atoms with van der Waals surface area (Å²) in [5.74, 6) is 1.51. The van der Waals surface area contributed by atoms with Crippen molar-refractivity contribution in [3.8, 4) is 11.5 Å². The predicted molar refractivity (Wildman–Crippen MR) is 81.4 cm³/mol. The minimum atomic E-state index is 0.474.